The van der Waals surface area contributed by atoms with Crippen molar-refractivity contribution in [1.29, 1.82) is 0 Å². The van der Waals surface area contributed by atoms with Crippen LogP contribution in [0.15, 0.2) is 36.5 Å². The number of anilines is 1. The minimum Gasteiger partial charge on any atom is -0.368 e. The number of terminal acetylenes is 1. The highest BCUT2D eigenvalue weighted by Gasteiger charge is 2.32. The molecule has 0 bridgehead atoms. The lowest BCUT2D eigenvalue weighted by molar-refractivity contribution is 0.0992. The summed E-state index contributed by atoms with van der Waals surface area (Å²) in [5.74, 6) is -0.389. The Morgan fingerprint density at radius 3 is 2.55 bits per heavy atom. The Morgan fingerprint density at radius 2 is 1.94 bits per heavy atom. The van der Waals surface area contributed by atoms with Crippen LogP contribution in [-0.4, -0.2) is 42.1 Å². The summed E-state index contributed by atoms with van der Waals surface area (Å²) in [6.07, 6.45) is 7.40. The molecule has 1 unspecified atom stereocenters. The van der Waals surface area contributed by atoms with Crippen molar-refractivity contribution in [2.24, 2.45) is 5.73 Å². The van der Waals surface area contributed by atoms with E-state index in [2.05, 4.69) is 21.2 Å². The largest absolute Gasteiger partial charge is 0.368 e. The van der Waals surface area contributed by atoms with Crippen molar-refractivity contribution in [3.8, 4) is 23.7 Å². The van der Waals surface area contributed by atoms with E-state index in [1.807, 2.05) is 11.8 Å². The van der Waals surface area contributed by atoms with Crippen LogP contribution in [0.5, 0.6) is 0 Å². The normalized spacial score (nSPS) is 15.7. The molecule has 2 heterocycles. The molecule has 1 atom stereocenters. The molecule has 1 amide bonds. The maximum atomic E-state index is 15.5. The number of halogens is 3. The van der Waals surface area contributed by atoms with Crippen LogP contribution >= 0.6 is 11.6 Å². The molecule has 6 nitrogen and oxygen atoms in total. The number of nitrogens with two attached hydrogens (primary N) is 1. The first kappa shape index (κ1) is 22.8. The Balaban J connectivity index is 1.87. The second-order valence-corrected chi connectivity index (χ2v) is 8.40. The van der Waals surface area contributed by atoms with Gasteiger partial charge in [-0.25, -0.2) is 13.8 Å². The van der Waals surface area contributed by atoms with E-state index >= 15 is 4.39 Å². The van der Waals surface area contributed by atoms with Gasteiger partial charge < -0.3 is 20.9 Å². The van der Waals surface area contributed by atoms with Crippen LogP contribution in [0, 0.1) is 24.0 Å². The highest BCUT2D eigenvalue weighted by molar-refractivity contribution is 6.30. The van der Waals surface area contributed by atoms with Crippen molar-refractivity contribution in [3.05, 3.63) is 70.0 Å². The molecule has 4 N–H and O–H groups in total. The Bertz CT molecular complexity index is 1240. The minimum atomic E-state index is -1.19. The molecule has 1 fully saturated rings. The molecule has 1 aromatic heterocycles. The first-order valence-corrected chi connectivity index (χ1v) is 10.7. The number of nitrogens with one attached hydrogen (secondary N) is 2. The number of H-pyrrole nitrogens is 1. The highest BCUT2D eigenvalue weighted by Crippen LogP contribution is 2.38. The molecular weight excluding hydrogens is 448 g/mol. The zero-order chi connectivity index (χ0) is 23.8. The summed E-state index contributed by atoms with van der Waals surface area (Å²) >= 11 is 6.01. The van der Waals surface area contributed by atoms with Gasteiger partial charge in [-0.1, -0.05) is 29.7 Å². The van der Waals surface area contributed by atoms with Gasteiger partial charge in [0.25, 0.3) is 5.91 Å². The molecule has 0 spiro atoms. The molecule has 1 aliphatic heterocycles. The second-order valence-electron chi connectivity index (χ2n) is 7.96. The van der Waals surface area contributed by atoms with E-state index in [4.69, 9.17) is 23.8 Å². The van der Waals surface area contributed by atoms with E-state index in [-0.39, 0.29) is 17.1 Å². The zero-order valence-electron chi connectivity index (χ0n) is 17.9. The van der Waals surface area contributed by atoms with E-state index in [0.717, 1.165) is 11.6 Å². The van der Waals surface area contributed by atoms with E-state index in [1.165, 1.54) is 6.20 Å². The van der Waals surface area contributed by atoms with Gasteiger partial charge in [-0.2, -0.15) is 0 Å². The summed E-state index contributed by atoms with van der Waals surface area (Å²) in [6, 6.07) is 8.19. The predicted molar refractivity (Wildman–Crippen MR) is 124 cm³/mol. The average molecular weight is 470 g/mol. The van der Waals surface area contributed by atoms with Crippen LogP contribution < -0.4 is 16.0 Å². The molecule has 0 aliphatic carbocycles. The Hall–Kier alpha value is -3.41. The van der Waals surface area contributed by atoms with Crippen molar-refractivity contribution in [1.82, 2.24) is 15.3 Å². The SMILES string of the molecule is C#CC(C)(c1ccc(Cl)cc1)c1cnc(-c2c(N3CCNCC3)cc(F)c(C(N)=O)c2F)[nH]1. The summed E-state index contributed by atoms with van der Waals surface area (Å²) in [5, 5.41) is 3.76. The van der Waals surface area contributed by atoms with Gasteiger partial charge in [-0.15, -0.1) is 6.42 Å². The fourth-order valence-electron chi connectivity index (χ4n) is 4.02. The van der Waals surface area contributed by atoms with Gasteiger partial charge in [0, 0.05) is 31.2 Å². The summed E-state index contributed by atoms with van der Waals surface area (Å²) in [4.78, 5) is 21.1. The van der Waals surface area contributed by atoms with Crippen molar-refractivity contribution in [3.63, 3.8) is 0 Å². The van der Waals surface area contributed by atoms with Crippen LogP contribution in [0.1, 0.15) is 28.5 Å². The van der Waals surface area contributed by atoms with Crippen LogP contribution in [0.25, 0.3) is 11.4 Å². The number of piperazine rings is 1. The van der Waals surface area contributed by atoms with E-state index < -0.39 is 28.5 Å². The molecule has 1 saturated heterocycles. The third-order valence-electron chi connectivity index (χ3n) is 5.96. The Morgan fingerprint density at radius 1 is 1.27 bits per heavy atom. The van der Waals surface area contributed by atoms with Gasteiger partial charge in [0.05, 0.1) is 28.6 Å². The average Bonchev–Trinajstić information content (AvgIpc) is 3.29. The molecule has 3 aromatic rings. The molecular formula is C24H22ClF2N5O. The number of carbonyl (C=O) groups excluding carboxylic acids is 1. The van der Waals surface area contributed by atoms with Crippen LogP contribution in [-0.2, 0) is 5.41 Å². The second kappa shape index (κ2) is 8.85. The topological polar surface area (TPSA) is 87.0 Å². The van der Waals surface area contributed by atoms with Gasteiger partial charge in [0.1, 0.15) is 17.2 Å². The number of aromatic amines is 1. The lowest BCUT2D eigenvalue weighted by atomic mass is 9.81. The number of nitrogens with zero attached hydrogens (tertiary/aromatic N) is 2. The lowest BCUT2D eigenvalue weighted by Crippen LogP contribution is -2.44. The number of aromatic nitrogens is 2. The van der Waals surface area contributed by atoms with Crippen molar-refractivity contribution in [2.45, 2.75) is 12.3 Å². The summed E-state index contributed by atoms with van der Waals surface area (Å²) in [7, 11) is 0. The number of hydrogen-bond donors (Lipinski definition) is 3. The number of hydrogen-bond acceptors (Lipinski definition) is 4. The van der Waals surface area contributed by atoms with Crippen molar-refractivity contribution in [2.75, 3.05) is 31.1 Å². The Kier molecular flexibility index (Phi) is 6.11. The number of imidazole rings is 1. The van der Waals surface area contributed by atoms with Crippen molar-refractivity contribution < 1.29 is 13.6 Å². The third-order valence-corrected chi connectivity index (χ3v) is 6.21. The highest BCUT2D eigenvalue weighted by atomic mass is 35.5. The molecule has 9 heteroatoms. The van der Waals surface area contributed by atoms with Gasteiger partial charge in [0.2, 0.25) is 0 Å². The smallest absolute Gasteiger partial charge is 0.254 e. The third kappa shape index (κ3) is 4.06. The molecule has 33 heavy (non-hydrogen) atoms. The van der Waals surface area contributed by atoms with Gasteiger partial charge in [-0.05, 0) is 30.7 Å². The quantitative estimate of drug-likeness (QED) is 0.499. The molecule has 2 aromatic carbocycles. The number of rotatable bonds is 5. The zero-order valence-corrected chi connectivity index (χ0v) is 18.6. The first-order chi connectivity index (χ1) is 15.8. The number of primary amides is 1. The molecule has 0 saturated carbocycles. The van der Waals surface area contributed by atoms with E-state index in [9.17, 15) is 9.18 Å². The van der Waals surface area contributed by atoms with E-state index in [1.54, 1.807) is 24.3 Å². The lowest BCUT2D eigenvalue weighted by Gasteiger charge is -2.31. The van der Waals surface area contributed by atoms with Gasteiger partial charge in [0.15, 0.2) is 5.82 Å². The van der Waals surface area contributed by atoms with Crippen LogP contribution in [0.2, 0.25) is 5.02 Å². The number of carbonyl (C=O) groups is 1. The van der Waals surface area contributed by atoms with E-state index in [0.29, 0.717) is 36.9 Å². The summed E-state index contributed by atoms with van der Waals surface area (Å²) in [5.41, 5.74) is 5.09. The molecule has 4 rings (SSSR count). The molecule has 0 radical (unpaired) electrons. The standard InChI is InChI=1S/C24H22ClF2N5O/c1-3-24(2,14-4-6-15(25)7-5-14)18-13-30-23(31-18)20-17(32-10-8-29-9-11-32)12-16(26)19(21(20)27)22(28)33/h1,4-7,12-13,29H,8-11H2,2H3,(H2,28,33)(H,30,31). The molecule has 1 aliphatic rings. The predicted octanol–water partition coefficient (Wildman–Crippen LogP) is 3.46. The monoisotopic (exact) mass is 469 g/mol. The fraction of sp³-hybridized carbons (Fsp3) is 0.250. The molecule has 170 valence electrons. The van der Waals surface area contributed by atoms with Crippen LogP contribution in [0.3, 0.4) is 0 Å². The Labute approximate surface area is 195 Å². The summed E-state index contributed by atoms with van der Waals surface area (Å²) < 4.78 is 30.2. The fourth-order valence-corrected chi connectivity index (χ4v) is 4.14. The maximum absolute atomic E-state index is 15.5. The van der Waals surface area contributed by atoms with Crippen LogP contribution in [0.4, 0.5) is 14.5 Å². The maximum Gasteiger partial charge on any atom is 0.254 e. The first-order valence-electron chi connectivity index (χ1n) is 10.3. The number of benzene rings is 2. The van der Waals surface area contributed by atoms with Gasteiger partial charge in [-0.3, -0.25) is 4.79 Å². The van der Waals surface area contributed by atoms with Crippen molar-refractivity contribution >= 4 is 23.2 Å². The minimum absolute atomic E-state index is 0.0335. The summed E-state index contributed by atoms with van der Waals surface area (Å²) in [6.45, 7) is 4.18. The van der Waals surface area contributed by atoms with Gasteiger partial charge >= 0.3 is 0 Å². The number of amides is 1.